The highest BCUT2D eigenvalue weighted by molar-refractivity contribution is 5.32. The molecule has 0 saturated heterocycles. The predicted octanol–water partition coefficient (Wildman–Crippen LogP) is 2.82. The summed E-state index contributed by atoms with van der Waals surface area (Å²) in [5, 5.41) is 10.4. The molecule has 0 aliphatic carbocycles. The molecule has 0 radical (unpaired) electrons. The van der Waals surface area contributed by atoms with Crippen molar-refractivity contribution in [3.63, 3.8) is 0 Å². The van der Waals surface area contributed by atoms with Crippen LogP contribution < -0.4 is 10.5 Å². The molecule has 2 unspecified atom stereocenters. The van der Waals surface area contributed by atoms with E-state index in [0.29, 0.717) is 6.61 Å². The number of hydrogen-bond donors (Lipinski definition) is 2. The molecule has 0 bridgehead atoms. The highest BCUT2D eigenvalue weighted by Gasteiger charge is 2.18. The highest BCUT2D eigenvalue weighted by atomic mass is 16.5. The van der Waals surface area contributed by atoms with E-state index in [4.69, 9.17) is 10.5 Å². The van der Waals surface area contributed by atoms with E-state index in [-0.39, 0.29) is 0 Å². The standard InChI is InChI=1S/C16H19NO2/c1-2-19-14-10-6-9-13(11-14)16(18)15(17)12-7-4-3-5-8-12/h3-11,15-16,18H,2,17H2,1H3. The number of aliphatic hydroxyl groups is 1. The van der Waals surface area contributed by atoms with E-state index in [0.717, 1.165) is 16.9 Å². The molecule has 3 N–H and O–H groups in total. The van der Waals surface area contributed by atoms with Crippen LogP contribution in [0.3, 0.4) is 0 Å². The fourth-order valence-corrected chi connectivity index (χ4v) is 2.02. The Labute approximate surface area is 113 Å². The summed E-state index contributed by atoms with van der Waals surface area (Å²) in [6.45, 7) is 2.53. The molecule has 0 spiro atoms. The number of benzene rings is 2. The highest BCUT2D eigenvalue weighted by Crippen LogP contribution is 2.28. The van der Waals surface area contributed by atoms with Gasteiger partial charge in [0.1, 0.15) is 5.75 Å². The molecule has 2 rings (SSSR count). The molecule has 3 heteroatoms. The Kier molecular flexibility index (Phi) is 4.55. The van der Waals surface area contributed by atoms with Crippen molar-refractivity contribution in [3.8, 4) is 5.75 Å². The summed E-state index contributed by atoms with van der Waals surface area (Å²) >= 11 is 0. The van der Waals surface area contributed by atoms with Gasteiger partial charge >= 0.3 is 0 Å². The van der Waals surface area contributed by atoms with Crippen molar-refractivity contribution >= 4 is 0 Å². The van der Waals surface area contributed by atoms with Gasteiger partial charge in [0.2, 0.25) is 0 Å². The van der Waals surface area contributed by atoms with E-state index in [2.05, 4.69) is 0 Å². The molecule has 2 atom stereocenters. The second kappa shape index (κ2) is 6.36. The largest absolute Gasteiger partial charge is 0.494 e. The zero-order chi connectivity index (χ0) is 13.7. The summed E-state index contributed by atoms with van der Waals surface area (Å²) in [4.78, 5) is 0. The van der Waals surface area contributed by atoms with E-state index in [1.807, 2.05) is 61.5 Å². The maximum atomic E-state index is 10.4. The van der Waals surface area contributed by atoms with Crippen molar-refractivity contribution < 1.29 is 9.84 Å². The maximum absolute atomic E-state index is 10.4. The molecule has 2 aromatic rings. The fraction of sp³-hybridized carbons (Fsp3) is 0.250. The zero-order valence-corrected chi connectivity index (χ0v) is 11.0. The molecular formula is C16H19NO2. The third-order valence-corrected chi connectivity index (χ3v) is 3.04. The van der Waals surface area contributed by atoms with Crippen LogP contribution in [0.15, 0.2) is 54.6 Å². The second-order valence-corrected chi connectivity index (χ2v) is 4.39. The monoisotopic (exact) mass is 257 g/mol. The fourth-order valence-electron chi connectivity index (χ4n) is 2.02. The van der Waals surface area contributed by atoms with Gasteiger partial charge in [0, 0.05) is 0 Å². The molecule has 3 nitrogen and oxygen atoms in total. The molecule has 0 amide bonds. The number of hydrogen-bond acceptors (Lipinski definition) is 3. The van der Waals surface area contributed by atoms with Crippen molar-refractivity contribution in [2.45, 2.75) is 19.1 Å². The van der Waals surface area contributed by atoms with Gasteiger partial charge < -0.3 is 15.6 Å². The van der Waals surface area contributed by atoms with Gasteiger partial charge in [-0.1, -0.05) is 42.5 Å². The smallest absolute Gasteiger partial charge is 0.119 e. The Bertz CT molecular complexity index is 513. The van der Waals surface area contributed by atoms with Crippen LogP contribution in [0.4, 0.5) is 0 Å². The summed E-state index contributed by atoms with van der Waals surface area (Å²) in [5.41, 5.74) is 7.78. The van der Waals surface area contributed by atoms with Crippen LogP contribution in [0.5, 0.6) is 5.75 Å². The van der Waals surface area contributed by atoms with Gasteiger partial charge in [0.05, 0.1) is 18.8 Å². The van der Waals surface area contributed by atoms with E-state index in [1.54, 1.807) is 0 Å². The minimum Gasteiger partial charge on any atom is -0.494 e. The number of aliphatic hydroxyl groups excluding tert-OH is 1. The van der Waals surface area contributed by atoms with Crippen molar-refractivity contribution in [1.29, 1.82) is 0 Å². The SMILES string of the molecule is CCOc1cccc(C(O)C(N)c2ccccc2)c1. The third-order valence-electron chi connectivity index (χ3n) is 3.04. The van der Waals surface area contributed by atoms with Crippen LogP contribution in [0.25, 0.3) is 0 Å². The molecule has 0 aliphatic rings. The van der Waals surface area contributed by atoms with Crippen molar-refractivity contribution in [2.75, 3.05) is 6.61 Å². The summed E-state index contributed by atoms with van der Waals surface area (Å²) in [5.74, 6) is 0.749. The first kappa shape index (κ1) is 13.6. The number of ether oxygens (including phenoxy) is 1. The molecule has 0 aliphatic heterocycles. The lowest BCUT2D eigenvalue weighted by Gasteiger charge is -2.20. The van der Waals surface area contributed by atoms with Gasteiger partial charge in [-0.3, -0.25) is 0 Å². The van der Waals surface area contributed by atoms with Gasteiger partial charge in [-0.15, -0.1) is 0 Å². The molecule has 0 saturated carbocycles. The van der Waals surface area contributed by atoms with E-state index in [1.165, 1.54) is 0 Å². The second-order valence-electron chi connectivity index (χ2n) is 4.39. The van der Waals surface area contributed by atoms with E-state index < -0.39 is 12.1 Å². The lowest BCUT2D eigenvalue weighted by molar-refractivity contribution is 0.146. The lowest BCUT2D eigenvalue weighted by atomic mass is 9.96. The molecule has 100 valence electrons. The maximum Gasteiger partial charge on any atom is 0.119 e. The average molecular weight is 257 g/mol. The molecule has 19 heavy (non-hydrogen) atoms. The molecule has 2 aromatic carbocycles. The lowest BCUT2D eigenvalue weighted by Crippen LogP contribution is -2.19. The normalized spacial score (nSPS) is 13.8. The summed E-state index contributed by atoms with van der Waals surface area (Å²) < 4.78 is 5.43. The first-order valence-corrected chi connectivity index (χ1v) is 6.43. The Balaban J connectivity index is 2.19. The van der Waals surface area contributed by atoms with E-state index in [9.17, 15) is 5.11 Å². The van der Waals surface area contributed by atoms with Crippen molar-refractivity contribution in [2.24, 2.45) is 5.73 Å². The predicted molar refractivity (Wildman–Crippen MR) is 75.9 cm³/mol. The quantitative estimate of drug-likeness (QED) is 0.866. The minimum absolute atomic E-state index is 0.446. The topological polar surface area (TPSA) is 55.5 Å². The van der Waals surface area contributed by atoms with Gasteiger partial charge in [-0.05, 0) is 30.2 Å². The van der Waals surface area contributed by atoms with Gasteiger partial charge in [-0.2, -0.15) is 0 Å². The van der Waals surface area contributed by atoms with Gasteiger partial charge in [-0.25, -0.2) is 0 Å². The van der Waals surface area contributed by atoms with Crippen LogP contribution >= 0.6 is 0 Å². The van der Waals surface area contributed by atoms with E-state index >= 15 is 0 Å². The molecule has 0 aromatic heterocycles. The van der Waals surface area contributed by atoms with Gasteiger partial charge in [0.25, 0.3) is 0 Å². The van der Waals surface area contributed by atoms with Crippen molar-refractivity contribution in [3.05, 3.63) is 65.7 Å². The molecule has 0 fully saturated rings. The van der Waals surface area contributed by atoms with Crippen LogP contribution in [-0.4, -0.2) is 11.7 Å². The summed E-state index contributed by atoms with van der Waals surface area (Å²) in [7, 11) is 0. The first-order chi connectivity index (χ1) is 9.22. The number of rotatable bonds is 5. The Morgan fingerprint density at radius 1 is 1.05 bits per heavy atom. The van der Waals surface area contributed by atoms with Crippen LogP contribution in [0.1, 0.15) is 30.2 Å². The molecular weight excluding hydrogens is 238 g/mol. The van der Waals surface area contributed by atoms with Crippen LogP contribution in [0, 0.1) is 0 Å². The van der Waals surface area contributed by atoms with Crippen molar-refractivity contribution in [1.82, 2.24) is 0 Å². The summed E-state index contributed by atoms with van der Waals surface area (Å²) in [6, 6.07) is 16.6. The Morgan fingerprint density at radius 2 is 1.74 bits per heavy atom. The van der Waals surface area contributed by atoms with Gasteiger partial charge in [0.15, 0.2) is 0 Å². The minimum atomic E-state index is -0.747. The third kappa shape index (κ3) is 3.34. The first-order valence-electron chi connectivity index (χ1n) is 6.43. The van der Waals surface area contributed by atoms with Crippen LogP contribution in [-0.2, 0) is 0 Å². The average Bonchev–Trinajstić information content (AvgIpc) is 2.47. The summed E-state index contributed by atoms with van der Waals surface area (Å²) in [6.07, 6.45) is -0.747. The Morgan fingerprint density at radius 3 is 2.42 bits per heavy atom. The number of nitrogens with two attached hydrogens (primary N) is 1. The molecule has 0 heterocycles. The Hall–Kier alpha value is -1.84. The zero-order valence-electron chi connectivity index (χ0n) is 11.0. The van der Waals surface area contributed by atoms with Crippen LogP contribution in [0.2, 0.25) is 0 Å².